The van der Waals surface area contributed by atoms with Crippen molar-refractivity contribution in [3.05, 3.63) is 100 Å². The summed E-state index contributed by atoms with van der Waals surface area (Å²) in [5, 5.41) is 0. The molecule has 0 N–H and O–H groups in total. The molecule has 0 aliphatic rings. The SMILES string of the molecule is Cc1ccc(=O)n(CC(=O)N(Cc2ccccc2)c2ccccc2)c1. The van der Waals surface area contributed by atoms with Gasteiger partial charge in [-0.2, -0.15) is 0 Å². The summed E-state index contributed by atoms with van der Waals surface area (Å²) in [5.41, 5.74) is 2.63. The molecule has 1 heterocycles. The van der Waals surface area contributed by atoms with Crippen LogP contribution in [-0.2, 0) is 17.9 Å². The van der Waals surface area contributed by atoms with Crippen LogP contribution in [0.15, 0.2) is 83.8 Å². The molecule has 0 fully saturated rings. The third kappa shape index (κ3) is 4.23. The van der Waals surface area contributed by atoms with Gasteiger partial charge in [0.25, 0.3) is 5.56 Å². The van der Waals surface area contributed by atoms with Gasteiger partial charge in [0.05, 0.1) is 6.54 Å². The molecule has 0 saturated heterocycles. The monoisotopic (exact) mass is 332 g/mol. The van der Waals surface area contributed by atoms with Gasteiger partial charge in [-0.15, -0.1) is 0 Å². The van der Waals surface area contributed by atoms with Crippen molar-refractivity contribution in [1.82, 2.24) is 4.57 Å². The summed E-state index contributed by atoms with van der Waals surface area (Å²) in [7, 11) is 0. The second-order valence-corrected chi connectivity index (χ2v) is 5.97. The van der Waals surface area contributed by atoms with Crippen molar-refractivity contribution >= 4 is 11.6 Å². The van der Waals surface area contributed by atoms with Crippen LogP contribution in [0.4, 0.5) is 5.69 Å². The number of pyridine rings is 1. The van der Waals surface area contributed by atoms with Crippen LogP contribution in [0.25, 0.3) is 0 Å². The second-order valence-electron chi connectivity index (χ2n) is 5.97. The Labute approximate surface area is 147 Å². The first-order chi connectivity index (χ1) is 12.1. The van der Waals surface area contributed by atoms with E-state index in [0.717, 1.165) is 16.8 Å². The molecule has 0 radical (unpaired) electrons. The van der Waals surface area contributed by atoms with Crippen LogP contribution in [-0.4, -0.2) is 10.5 Å². The topological polar surface area (TPSA) is 42.3 Å². The third-order valence-corrected chi connectivity index (χ3v) is 3.99. The number of carbonyl (C=O) groups excluding carboxylic acids is 1. The Bertz CT molecular complexity index is 902. The normalized spacial score (nSPS) is 10.4. The zero-order chi connectivity index (χ0) is 17.6. The molecule has 4 heteroatoms. The van der Waals surface area contributed by atoms with Crippen LogP contribution < -0.4 is 10.5 Å². The van der Waals surface area contributed by atoms with Crippen molar-refractivity contribution in [2.75, 3.05) is 4.90 Å². The van der Waals surface area contributed by atoms with Crippen LogP contribution in [0.5, 0.6) is 0 Å². The van der Waals surface area contributed by atoms with Gasteiger partial charge in [0.1, 0.15) is 6.54 Å². The van der Waals surface area contributed by atoms with Crippen molar-refractivity contribution in [1.29, 1.82) is 0 Å². The van der Waals surface area contributed by atoms with E-state index in [-0.39, 0.29) is 18.0 Å². The van der Waals surface area contributed by atoms with E-state index in [0.29, 0.717) is 6.54 Å². The van der Waals surface area contributed by atoms with Crippen LogP contribution in [0.3, 0.4) is 0 Å². The lowest BCUT2D eigenvalue weighted by Gasteiger charge is -2.23. The lowest BCUT2D eigenvalue weighted by Crippen LogP contribution is -2.36. The van der Waals surface area contributed by atoms with E-state index < -0.39 is 0 Å². The number of para-hydroxylation sites is 1. The molecule has 0 aliphatic carbocycles. The number of benzene rings is 2. The summed E-state index contributed by atoms with van der Waals surface area (Å²) >= 11 is 0. The molecule has 0 bridgehead atoms. The minimum absolute atomic E-state index is 0.0161. The summed E-state index contributed by atoms with van der Waals surface area (Å²) in [5.74, 6) is -0.122. The first-order valence-electron chi connectivity index (χ1n) is 8.20. The van der Waals surface area contributed by atoms with Gasteiger partial charge in [-0.25, -0.2) is 0 Å². The summed E-state index contributed by atoms with van der Waals surface area (Å²) in [6.07, 6.45) is 1.71. The molecule has 1 amide bonds. The van der Waals surface area contributed by atoms with E-state index in [2.05, 4.69) is 0 Å². The fraction of sp³-hybridized carbons (Fsp3) is 0.143. The maximum atomic E-state index is 12.9. The molecule has 25 heavy (non-hydrogen) atoms. The predicted octanol–water partition coefficient (Wildman–Crippen LogP) is 3.39. The van der Waals surface area contributed by atoms with Crippen molar-refractivity contribution in [3.8, 4) is 0 Å². The van der Waals surface area contributed by atoms with Gasteiger partial charge in [0.2, 0.25) is 5.91 Å². The Balaban J connectivity index is 1.89. The smallest absolute Gasteiger partial charge is 0.251 e. The van der Waals surface area contributed by atoms with Gasteiger partial charge < -0.3 is 9.47 Å². The van der Waals surface area contributed by atoms with E-state index in [1.54, 1.807) is 17.2 Å². The number of anilines is 1. The van der Waals surface area contributed by atoms with Crippen LogP contribution >= 0.6 is 0 Å². The number of hydrogen-bond donors (Lipinski definition) is 0. The molecule has 0 aliphatic heterocycles. The standard InChI is InChI=1S/C21H20N2O2/c1-17-12-13-20(24)22(14-17)16-21(25)23(19-10-6-3-7-11-19)15-18-8-4-2-5-9-18/h2-14H,15-16H2,1H3. The maximum Gasteiger partial charge on any atom is 0.251 e. The van der Waals surface area contributed by atoms with E-state index >= 15 is 0 Å². The number of hydrogen-bond acceptors (Lipinski definition) is 2. The number of nitrogens with zero attached hydrogens (tertiary/aromatic N) is 2. The summed E-state index contributed by atoms with van der Waals surface area (Å²) in [6.45, 7) is 2.38. The highest BCUT2D eigenvalue weighted by Crippen LogP contribution is 2.17. The molecular weight excluding hydrogens is 312 g/mol. The molecule has 0 atom stereocenters. The Morgan fingerprint density at radius 1 is 0.920 bits per heavy atom. The van der Waals surface area contributed by atoms with Gasteiger partial charge in [-0.05, 0) is 30.2 Å². The van der Waals surface area contributed by atoms with Crippen molar-refractivity contribution < 1.29 is 4.79 Å². The molecular formula is C21H20N2O2. The molecule has 4 nitrogen and oxygen atoms in total. The van der Waals surface area contributed by atoms with E-state index in [1.165, 1.54) is 10.6 Å². The number of rotatable bonds is 5. The second kappa shape index (κ2) is 7.62. The molecule has 0 saturated carbocycles. The fourth-order valence-corrected chi connectivity index (χ4v) is 2.70. The van der Waals surface area contributed by atoms with Gasteiger partial charge in [-0.1, -0.05) is 54.6 Å². The predicted molar refractivity (Wildman–Crippen MR) is 99.5 cm³/mol. The first kappa shape index (κ1) is 16.7. The van der Waals surface area contributed by atoms with Gasteiger partial charge >= 0.3 is 0 Å². The summed E-state index contributed by atoms with van der Waals surface area (Å²) in [6, 6.07) is 22.6. The first-order valence-corrected chi connectivity index (χ1v) is 8.20. The number of amides is 1. The fourth-order valence-electron chi connectivity index (χ4n) is 2.70. The van der Waals surface area contributed by atoms with Crippen LogP contribution in [0.1, 0.15) is 11.1 Å². The summed E-state index contributed by atoms with van der Waals surface area (Å²) < 4.78 is 1.46. The largest absolute Gasteiger partial charge is 0.306 e. The molecule has 1 aromatic heterocycles. The lowest BCUT2D eigenvalue weighted by molar-refractivity contribution is -0.119. The van der Waals surface area contributed by atoms with Gasteiger partial charge in [-0.3, -0.25) is 9.59 Å². The van der Waals surface area contributed by atoms with Crippen LogP contribution in [0.2, 0.25) is 0 Å². The molecule has 3 rings (SSSR count). The van der Waals surface area contributed by atoms with Gasteiger partial charge in [0, 0.05) is 18.0 Å². The average molecular weight is 332 g/mol. The minimum atomic E-state index is -0.174. The molecule has 126 valence electrons. The highest BCUT2D eigenvalue weighted by Gasteiger charge is 2.17. The van der Waals surface area contributed by atoms with E-state index in [4.69, 9.17) is 0 Å². The van der Waals surface area contributed by atoms with Crippen molar-refractivity contribution in [2.45, 2.75) is 20.0 Å². The Kier molecular flexibility index (Phi) is 5.09. The number of carbonyl (C=O) groups is 1. The summed E-state index contributed by atoms with van der Waals surface area (Å²) in [4.78, 5) is 26.7. The van der Waals surface area contributed by atoms with E-state index in [1.807, 2.05) is 67.6 Å². The Hall–Kier alpha value is -3.14. The van der Waals surface area contributed by atoms with Crippen molar-refractivity contribution in [3.63, 3.8) is 0 Å². The third-order valence-electron chi connectivity index (χ3n) is 3.99. The zero-order valence-electron chi connectivity index (χ0n) is 14.1. The van der Waals surface area contributed by atoms with E-state index in [9.17, 15) is 9.59 Å². The maximum absolute atomic E-state index is 12.9. The highest BCUT2D eigenvalue weighted by molar-refractivity contribution is 5.93. The molecule has 0 spiro atoms. The Morgan fingerprint density at radius 2 is 1.56 bits per heavy atom. The van der Waals surface area contributed by atoms with Crippen LogP contribution in [0, 0.1) is 6.92 Å². The quantitative estimate of drug-likeness (QED) is 0.719. The highest BCUT2D eigenvalue weighted by atomic mass is 16.2. The lowest BCUT2D eigenvalue weighted by atomic mass is 10.2. The average Bonchev–Trinajstić information content (AvgIpc) is 2.64. The van der Waals surface area contributed by atoms with Gasteiger partial charge in [0.15, 0.2) is 0 Å². The number of aromatic nitrogens is 1. The number of aryl methyl sites for hydroxylation is 1. The molecule has 0 unspecified atom stereocenters. The molecule has 2 aromatic carbocycles. The molecule has 3 aromatic rings. The minimum Gasteiger partial charge on any atom is -0.306 e. The van der Waals surface area contributed by atoms with Crippen molar-refractivity contribution in [2.24, 2.45) is 0 Å². The zero-order valence-corrected chi connectivity index (χ0v) is 14.1. The Morgan fingerprint density at radius 3 is 2.24 bits per heavy atom.